The Morgan fingerprint density at radius 3 is 2.56 bits per heavy atom. The first-order valence-corrected chi connectivity index (χ1v) is 9.12. The molecule has 1 saturated heterocycles. The van der Waals surface area contributed by atoms with Crippen LogP contribution >= 0.6 is 11.8 Å². The standard InChI is InChI=1S/C19H21N3O2S/c20-19(24)22-12-6-7-14(13-22)18(23)21-16-10-4-5-11-17(16)25-15-8-2-1-3-9-15/h1-5,8-11,14H,6-7,12-13H2,(H2,20,24)(H,21,23). The molecule has 5 nitrogen and oxygen atoms in total. The van der Waals surface area contributed by atoms with Crippen molar-refractivity contribution in [2.75, 3.05) is 18.4 Å². The first kappa shape index (κ1) is 17.4. The zero-order chi connectivity index (χ0) is 17.6. The molecule has 1 aliphatic heterocycles. The number of hydrogen-bond donors (Lipinski definition) is 2. The van der Waals surface area contributed by atoms with Crippen LogP contribution in [0.15, 0.2) is 64.4 Å². The van der Waals surface area contributed by atoms with Crippen LogP contribution in [0.25, 0.3) is 0 Å². The topological polar surface area (TPSA) is 75.4 Å². The van der Waals surface area contributed by atoms with Gasteiger partial charge in [0.1, 0.15) is 0 Å². The summed E-state index contributed by atoms with van der Waals surface area (Å²) in [7, 11) is 0. The van der Waals surface area contributed by atoms with Gasteiger partial charge in [0.15, 0.2) is 0 Å². The number of carbonyl (C=O) groups is 2. The maximum atomic E-state index is 12.6. The molecular formula is C19H21N3O2S. The molecule has 3 rings (SSSR count). The second-order valence-corrected chi connectivity index (χ2v) is 7.14. The Kier molecular flexibility index (Phi) is 5.60. The lowest BCUT2D eigenvalue weighted by atomic mass is 9.97. The molecule has 2 aromatic carbocycles. The lowest BCUT2D eigenvalue weighted by molar-refractivity contribution is -0.121. The van der Waals surface area contributed by atoms with E-state index in [9.17, 15) is 9.59 Å². The van der Waals surface area contributed by atoms with Crippen molar-refractivity contribution in [1.82, 2.24) is 4.90 Å². The van der Waals surface area contributed by atoms with Crippen LogP contribution in [0, 0.1) is 5.92 Å². The Bertz CT molecular complexity index is 751. The van der Waals surface area contributed by atoms with E-state index in [1.807, 2.05) is 54.6 Å². The molecule has 1 atom stereocenters. The summed E-state index contributed by atoms with van der Waals surface area (Å²) < 4.78 is 0. The van der Waals surface area contributed by atoms with Gasteiger partial charge >= 0.3 is 6.03 Å². The molecule has 0 aliphatic carbocycles. The predicted octanol–water partition coefficient (Wildman–Crippen LogP) is 3.57. The molecule has 3 amide bonds. The third-order valence-electron chi connectivity index (χ3n) is 4.22. The number of piperidine rings is 1. The number of rotatable bonds is 4. The van der Waals surface area contributed by atoms with Crippen LogP contribution in [0.2, 0.25) is 0 Å². The van der Waals surface area contributed by atoms with E-state index in [2.05, 4.69) is 5.32 Å². The van der Waals surface area contributed by atoms with Crippen molar-refractivity contribution < 1.29 is 9.59 Å². The third-order valence-corrected chi connectivity index (χ3v) is 5.30. The van der Waals surface area contributed by atoms with Gasteiger partial charge < -0.3 is 16.0 Å². The van der Waals surface area contributed by atoms with Gasteiger partial charge in [0, 0.05) is 22.9 Å². The summed E-state index contributed by atoms with van der Waals surface area (Å²) in [6, 6.07) is 17.3. The third kappa shape index (κ3) is 4.54. The van der Waals surface area contributed by atoms with Crippen LogP contribution in [0.3, 0.4) is 0 Å². The van der Waals surface area contributed by atoms with E-state index in [4.69, 9.17) is 5.73 Å². The van der Waals surface area contributed by atoms with Gasteiger partial charge in [-0.1, -0.05) is 42.1 Å². The minimum atomic E-state index is -0.461. The fourth-order valence-electron chi connectivity index (χ4n) is 2.90. The molecule has 0 saturated carbocycles. The minimum Gasteiger partial charge on any atom is -0.351 e. The number of primary amides is 1. The van der Waals surface area contributed by atoms with Crippen molar-refractivity contribution in [1.29, 1.82) is 0 Å². The number of carbonyl (C=O) groups excluding carboxylic acids is 2. The van der Waals surface area contributed by atoms with E-state index in [1.54, 1.807) is 16.7 Å². The number of amides is 3. The predicted molar refractivity (Wildman–Crippen MR) is 99.5 cm³/mol. The normalized spacial score (nSPS) is 17.1. The summed E-state index contributed by atoms with van der Waals surface area (Å²) >= 11 is 1.61. The van der Waals surface area contributed by atoms with Crippen molar-refractivity contribution in [3.63, 3.8) is 0 Å². The first-order valence-electron chi connectivity index (χ1n) is 8.30. The summed E-state index contributed by atoms with van der Waals surface area (Å²) in [5.74, 6) is -0.289. The molecule has 2 aromatic rings. The SMILES string of the molecule is NC(=O)N1CCCC(C(=O)Nc2ccccc2Sc2ccccc2)C1. The lowest BCUT2D eigenvalue weighted by Gasteiger charge is -2.30. The summed E-state index contributed by atoms with van der Waals surface area (Å²) in [6.07, 6.45) is 1.56. The van der Waals surface area contributed by atoms with E-state index in [0.29, 0.717) is 13.1 Å². The second kappa shape index (κ2) is 8.07. The van der Waals surface area contributed by atoms with Gasteiger partial charge in [-0.3, -0.25) is 4.79 Å². The Hall–Kier alpha value is -2.47. The molecule has 0 aromatic heterocycles. The van der Waals surface area contributed by atoms with Crippen molar-refractivity contribution in [2.24, 2.45) is 11.7 Å². The lowest BCUT2D eigenvalue weighted by Crippen LogP contribution is -2.46. The number of nitrogens with one attached hydrogen (secondary N) is 1. The molecule has 1 unspecified atom stereocenters. The molecule has 1 fully saturated rings. The van der Waals surface area contributed by atoms with E-state index < -0.39 is 6.03 Å². The Labute approximate surface area is 151 Å². The van der Waals surface area contributed by atoms with Crippen molar-refractivity contribution in [3.05, 3.63) is 54.6 Å². The van der Waals surface area contributed by atoms with Crippen LogP contribution in [-0.2, 0) is 4.79 Å². The van der Waals surface area contributed by atoms with Crippen LogP contribution in [0.1, 0.15) is 12.8 Å². The highest BCUT2D eigenvalue weighted by atomic mass is 32.2. The number of likely N-dealkylation sites (tertiary alicyclic amines) is 1. The number of urea groups is 1. The van der Waals surface area contributed by atoms with Gasteiger partial charge in [0.25, 0.3) is 0 Å². The Balaban J connectivity index is 1.70. The van der Waals surface area contributed by atoms with Crippen molar-refractivity contribution >= 4 is 29.4 Å². The molecular weight excluding hydrogens is 334 g/mol. The molecule has 0 bridgehead atoms. The van der Waals surface area contributed by atoms with Crippen LogP contribution in [0.5, 0.6) is 0 Å². The van der Waals surface area contributed by atoms with E-state index in [0.717, 1.165) is 28.3 Å². The Morgan fingerprint density at radius 2 is 1.80 bits per heavy atom. The van der Waals surface area contributed by atoms with Crippen LogP contribution < -0.4 is 11.1 Å². The average Bonchev–Trinajstić information content (AvgIpc) is 2.64. The summed E-state index contributed by atoms with van der Waals surface area (Å²) in [5, 5.41) is 3.02. The molecule has 1 aliphatic rings. The van der Waals surface area contributed by atoms with E-state index >= 15 is 0 Å². The number of para-hydroxylation sites is 1. The van der Waals surface area contributed by atoms with Gasteiger partial charge in [-0.05, 0) is 37.1 Å². The molecule has 0 spiro atoms. The molecule has 3 N–H and O–H groups in total. The number of hydrogen-bond acceptors (Lipinski definition) is 3. The highest BCUT2D eigenvalue weighted by Crippen LogP contribution is 2.33. The van der Waals surface area contributed by atoms with Crippen molar-refractivity contribution in [3.8, 4) is 0 Å². The maximum absolute atomic E-state index is 12.6. The van der Waals surface area contributed by atoms with E-state index in [-0.39, 0.29) is 11.8 Å². The Morgan fingerprint density at radius 1 is 1.08 bits per heavy atom. The summed E-state index contributed by atoms with van der Waals surface area (Å²) in [5.41, 5.74) is 6.13. The first-order chi connectivity index (χ1) is 12.1. The molecule has 25 heavy (non-hydrogen) atoms. The fourth-order valence-corrected chi connectivity index (χ4v) is 3.82. The quantitative estimate of drug-likeness (QED) is 0.880. The molecule has 1 heterocycles. The number of benzene rings is 2. The summed E-state index contributed by atoms with van der Waals surface area (Å²) in [6.45, 7) is 1.01. The van der Waals surface area contributed by atoms with Crippen molar-refractivity contribution in [2.45, 2.75) is 22.6 Å². The minimum absolute atomic E-state index is 0.0629. The van der Waals surface area contributed by atoms with Gasteiger partial charge in [0.05, 0.1) is 11.6 Å². The zero-order valence-corrected chi connectivity index (χ0v) is 14.7. The van der Waals surface area contributed by atoms with Crippen LogP contribution in [0.4, 0.5) is 10.5 Å². The fraction of sp³-hybridized carbons (Fsp3) is 0.263. The largest absolute Gasteiger partial charge is 0.351 e. The van der Waals surface area contributed by atoms with Gasteiger partial charge in [0.2, 0.25) is 5.91 Å². The highest BCUT2D eigenvalue weighted by Gasteiger charge is 2.27. The number of nitrogens with zero attached hydrogens (tertiary/aromatic N) is 1. The van der Waals surface area contributed by atoms with Crippen LogP contribution in [-0.4, -0.2) is 29.9 Å². The average molecular weight is 355 g/mol. The monoisotopic (exact) mass is 355 g/mol. The number of anilines is 1. The second-order valence-electron chi connectivity index (χ2n) is 6.02. The summed E-state index contributed by atoms with van der Waals surface area (Å²) in [4.78, 5) is 27.6. The molecule has 0 radical (unpaired) electrons. The van der Waals surface area contributed by atoms with Gasteiger partial charge in [-0.2, -0.15) is 0 Å². The van der Waals surface area contributed by atoms with Gasteiger partial charge in [-0.15, -0.1) is 0 Å². The molecule has 130 valence electrons. The van der Waals surface area contributed by atoms with E-state index in [1.165, 1.54) is 0 Å². The molecule has 6 heteroatoms. The zero-order valence-electron chi connectivity index (χ0n) is 13.9. The maximum Gasteiger partial charge on any atom is 0.314 e. The smallest absolute Gasteiger partial charge is 0.314 e. The van der Waals surface area contributed by atoms with Gasteiger partial charge in [-0.25, -0.2) is 4.79 Å². The highest BCUT2D eigenvalue weighted by molar-refractivity contribution is 7.99. The number of nitrogens with two attached hydrogens (primary N) is 1.